The minimum Gasteiger partial charge on any atom is -0.340 e. The monoisotopic (exact) mass is 346 g/mol. The minimum atomic E-state index is 0.226. The van der Waals surface area contributed by atoms with Crippen LogP contribution in [0.2, 0.25) is 5.02 Å². The van der Waals surface area contributed by atoms with Gasteiger partial charge < -0.3 is 9.47 Å². The molecule has 0 radical (unpaired) electrons. The maximum Gasteiger partial charge on any atom is 0.224 e. The Bertz CT molecular complexity index is 692. The highest BCUT2D eigenvalue weighted by Crippen LogP contribution is 2.14. The minimum absolute atomic E-state index is 0.226. The van der Waals surface area contributed by atoms with Crippen molar-refractivity contribution < 1.29 is 4.79 Å². The number of piperazine rings is 1. The van der Waals surface area contributed by atoms with Crippen molar-refractivity contribution in [2.75, 3.05) is 26.2 Å². The van der Waals surface area contributed by atoms with Crippen LogP contribution in [0, 0.1) is 6.92 Å². The average Bonchev–Trinajstić information content (AvgIpc) is 2.99. The van der Waals surface area contributed by atoms with Gasteiger partial charge in [-0.05, 0) is 24.6 Å². The number of carbonyl (C=O) groups excluding carboxylic acids is 1. The molecule has 0 aliphatic carbocycles. The second kappa shape index (κ2) is 7.81. The van der Waals surface area contributed by atoms with Gasteiger partial charge in [-0.1, -0.05) is 23.7 Å². The Morgan fingerprint density at radius 3 is 2.71 bits per heavy atom. The van der Waals surface area contributed by atoms with Gasteiger partial charge in [-0.25, -0.2) is 4.98 Å². The predicted octanol–water partition coefficient (Wildman–Crippen LogP) is 2.58. The second-order valence-electron chi connectivity index (χ2n) is 6.29. The van der Waals surface area contributed by atoms with E-state index in [1.165, 1.54) is 5.56 Å². The first-order valence-corrected chi connectivity index (χ1v) is 8.71. The van der Waals surface area contributed by atoms with Crippen molar-refractivity contribution in [2.45, 2.75) is 26.4 Å². The van der Waals surface area contributed by atoms with Crippen molar-refractivity contribution in [2.24, 2.45) is 0 Å². The predicted molar refractivity (Wildman–Crippen MR) is 94.9 cm³/mol. The van der Waals surface area contributed by atoms with Gasteiger partial charge in [0.15, 0.2) is 0 Å². The Labute approximate surface area is 147 Å². The largest absolute Gasteiger partial charge is 0.340 e. The second-order valence-corrected chi connectivity index (χ2v) is 6.73. The third kappa shape index (κ3) is 4.58. The normalized spacial score (nSPS) is 15.7. The average molecular weight is 347 g/mol. The first-order valence-electron chi connectivity index (χ1n) is 8.33. The Hall–Kier alpha value is -1.85. The van der Waals surface area contributed by atoms with Crippen LogP contribution in [0.5, 0.6) is 0 Å². The Morgan fingerprint density at radius 1 is 1.25 bits per heavy atom. The number of benzene rings is 1. The van der Waals surface area contributed by atoms with Gasteiger partial charge >= 0.3 is 0 Å². The van der Waals surface area contributed by atoms with Crippen molar-refractivity contribution in [3.8, 4) is 0 Å². The summed E-state index contributed by atoms with van der Waals surface area (Å²) in [6, 6.07) is 7.97. The van der Waals surface area contributed by atoms with Crippen LogP contribution >= 0.6 is 11.6 Å². The van der Waals surface area contributed by atoms with Gasteiger partial charge in [-0.2, -0.15) is 0 Å². The zero-order valence-electron chi connectivity index (χ0n) is 14.0. The van der Waals surface area contributed by atoms with E-state index in [0.717, 1.165) is 43.4 Å². The Morgan fingerprint density at radius 2 is 2.04 bits per heavy atom. The highest BCUT2D eigenvalue weighted by atomic mass is 35.5. The van der Waals surface area contributed by atoms with E-state index in [9.17, 15) is 4.79 Å². The van der Waals surface area contributed by atoms with Crippen molar-refractivity contribution in [3.05, 3.63) is 53.1 Å². The van der Waals surface area contributed by atoms with E-state index in [4.69, 9.17) is 11.6 Å². The van der Waals surface area contributed by atoms with E-state index in [1.54, 1.807) is 6.33 Å². The van der Waals surface area contributed by atoms with Crippen LogP contribution < -0.4 is 0 Å². The lowest BCUT2D eigenvalue weighted by Gasteiger charge is -2.34. The van der Waals surface area contributed by atoms with Gasteiger partial charge in [0, 0.05) is 56.9 Å². The van der Waals surface area contributed by atoms with Crippen molar-refractivity contribution >= 4 is 17.5 Å². The van der Waals surface area contributed by atoms with Crippen molar-refractivity contribution in [1.29, 1.82) is 0 Å². The van der Waals surface area contributed by atoms with Crippen LogP contribution in [0.25, 0.3) is 0 Å². The zero-order chi connectivity index (χ0) is 16.9. The molecule has 1 amide bonds. The summed E-state index contributed by atoms with van der Waals surface area (Å²) >= 11 is 6.04. The van der Waals surface area contributed by atoms with Crippen LogP contribution in [0.1, 0.15) is 17.7 Å². The number of hydrogen-bond acceptors (Lipinski definition) is 3. The molecule has 1 aliphatic heterocycles. The third-order valence-electron chi connectivity index (χ3n) is 4.37. The van der Waals surface area contributed by atoms with Crippen molar-refractivity contribution in [3.63, 3.8) is 0 Å². The molecule has 3 rings (SSSR count). The van der Waals surface area contributed by atoms with Crippen LogP contribution in [0.4, 0.5) is 0 Å². The van der Waals surface area contributed by atoms with E-state index < -0.39 is 0 Å². The summed E-state index contributed by atoms with van der Waals surface area (Å²) in [5, 5.41) is 0.774. The summed E-state index contributed by atoms with van der Waals surface area (Å²) in [7, 11) is 0. The van der Waals surface area contributed by atoms with Gasteiger partial charge in [0.1, 0.15) is 0 Å². The molecule has 0 atom stereocenters. The zero-order valence-corrected chi connectivity index (χ0v) is 14.7. The summed E-state index contributed by atoms with van der Waals surface area (Å²) in [6.07, 6.45) is 4.28. The van der Waals surface area contributed by atoms with Crippen LogP contribution in [0.15, 0.2) is 36.8 Å². The summed E-state index contributed by atoms with van der Waals surface area (Å²) in [5.74, 6) is 0.226. The molecular weight excluding hydrogens is 324 g/mol. The molecule has 0 spiro atoms. The quantitative estimate of drug-likeness (QED) is 0.835. The Balaban J connectivity index is 1.43. The Kier molecular flexibility index (Phi) is 5.53. The van der Waals surface area contributed by atoms with Crippen LogP contribution in [-0.2, 0) is 17.9 Å². The number of halogens is 1. The molecule has 0 N–H and O–H groups in total. The molecule has 128 valence electrons. The maximum absolute atomic E-state index is 12.3. The molecule has 5 nitrogen and oxygen atoms in total. The third-order valence-corrected chi connectivity index (χ3v) is 4.60. The molecule has 6 heteroatoms. The SMILES string of the molecule is Cc1cn(CCC(=O)N2CCN(Cc3cccc(Cl)c3)CC2)cn1. The summed E-state index contributed by atoms with van der Waals surface area (Å²) in [6.45, 7) is 6.94. The molecule has 0 bridgehead atoms. The molecule has 0 saturated carbocycles. The van der Waals surface area contributed by atoms with Gasteiger partial charge in [0.05, 0.1) is 12.0 Å². The molecule has 1 aromatic carbocycles. The highest BCUT2D eigenvalue weighted by Gasteiger charge is 2.20. The molecule has 1 aromatic heterocycles. The first kappa shape index (κ1) is 17.0. The summed E-state index contributed by atoms with van der Waals surface area (Å²) in [5.41, 5.74) is 2.20. The molecule has 24 heavy (non-hydrogen) atoms. The van der Waals surface area contributed by atoms with E-state index in [2.05, 4.69) is 16.0 Å². The smallest absolute Gasteiger partial charge is 0.224 e. The number of carbonyl (C=O) groups is 1. The topological polar surface area (TPSA) is 41.4 Å². The summed E-state index contributed by atoms with van der Waals surface area (Å²) in [4.78, 5) is 20.9. The number of aryl methyl sites for hydroxylation is 2. The van der Waals surface area contributed by atoms with Gasteiger partial charge in [0.2, 0.25) is 5.91 Å². The first-order chi connectivity index (χ1) is 11.6. The van der Waals surface area contributed by atoms with E-state index >= 15 is 0 Å². The molecule has 2 aromatic rings. The molecule has 1 aliphatic rings. The van der Waals surface area contributed by atoms with E-state index in [-0.39, 0.29) is 5.91 Å². The van der Waals surface area contributed by atoms with Gasteiger partial charge in [-0.15, -0.1) is 0 Å². The number of aromatic nitrogens is 2. The van der Waals surface area contributed by atoms with E-state index in [1.807, 2.05) is 40.8 Å². The van der Waals surface area contributed by atoms with E-state index in [0.29, 0.717) is 13.0 Å². The molecule has 2 heterocycles. The maximum atomic E-state index is 12.3. The summed E-state index contributed by atoms with van der Waals surface area (Å²) < 4.78 is 1.97. The van der Waals surface area contributed by atoms with Crippen LogP contribution in [-0.4, -0.2) is 51.4 Å². The fourth-order valence-electron chi connectivity index (χ4n) is 3.03. The molecule has 1 saturated heterocycles. The number of nitrogens with zero attached hydrogens (tertiary/aromatic N) is 4. The lowest BCUT2D eigenvalue weighted by Crippen LogP contribution is -2.48. The highest BCUT2D eigenvalue weighted by molar-refractivity contribution is 6.30. The lowest BCUT2D eigenvalue weighted by atomic mass is 10.2. The standard InChI is InChI=1S/C18H23ClN4O/c1-15-12-22(14-20-15)6-5-18(24)23-9-7-21(8-10-23)13-16-3-2-4-17(19)11-16/h2-4,11-12,14H,5-10,13H2,1H3. The fraction of sp³-hybridized carbons (Fsp3) is 0.444. The van der Waals surface area contributed by atoms with Gasteiger partial charge in [-0.3, -0.25) is 9.69 Å². The fourth-order valence-corrected chi connectivity index (χ4v) is 3.24. The lowest BCUT2D eigenvalue weighted by molar-refractivity contribution is -0.133. The molecule has 1 fully saturated rings. The number of hydrogen-bond donors (Lipinski definition) is 0. The van der Waals surface area contributed by atoms with Crippen LogP contribution in [0.3, 0.4) is 0 Å². The molecular formula is C18H23ClN4O. The number of amides is 1. The van der Waals surface area contributed by atoms with Gasteiger partial charge in [0.25, 0.3) is 0 Å². The molecule has 0 unspecified atom stereocenters. The van der Waals surface area contributed by atoms with Crippen molar-refractivity contribution in [1.82, 2.24) is 19.4 Å². The number of rotatable bonds is 5. The number of imidazole rings is 1.